The standard InChI is InChI=1S/C17H13NO6S/c1-25(22,23)10-11-5-4-6-12(9-11)17(21)24-18-15(19)13-7-2-3-8-14(13)16(18)20/h2-9H,10H2,1H3. The van der Waals surface area contributed by atoms with Crippen LogP contribution in [0.1, 0.15) is 36.6 Å². The van der Waals surface area contributed by atoms with E-state index in [1.54, 1.807) is 18.2 Å². The second-order valence-corrected chi connectivity index (χ2v) is 7.74. The maximum absolute atomic E-state index is 12.2. The molecule has 2 aromatic rings. The summed E-state index contributed by atoms with van der Waals surface area (Å²) in [6, 6.07) is 12.0. The third kappa shape index (κ3) is 3.43. The molecular formula is C17H13NO6S. The molecule has 2 amide bonds. The fourth-order valence-corrected chi connectivity index (χ4v) is 3.26. The number of sulfone groups is 1. The summed E-state index contributed by atoms with van der Waals surface area (Å²) in [5.74, 6) is -2.60. The number of benzene rings is 2. The van der Waals surface area contributed by atoms with Crippen molar-refractivity contribution < 1.29 is 27.6 Å². The highest BCUT2D eigenvalue weighted by atomic mass is 32.2. The van der Waals surface area contributed by atoms with Crippen LogP contribution < -0.4 is 0 Å². The van der Waals surface area contributed by atoms with E-state index in [2.05, 4.69) is 0 Å². The van der Waals surface area contributed by atoms with Crippen molar-refractivity contribution in [3.05, 3.63) is 70.8 Å². The first-order chi connectivity index (χ1) is 11.8. The van der Waals surface area contributed by atoms with Crippen molar-refractivity contribution in [3.63, 3.8) is 0 Å². The highest BCUT2D eigenvalue weighted by Gasteiger charge is 2.38. The fraction of sp³-hybridized carbons (Fsp3) is 0.118. The Balaban J connectivity index is 1.81. The maximum Gasteiger partial charge on any atom is 0.363 e. The minimum Gasteiger partial charge on any atom is -0.324 e. The predicted octanol–water partition coefficient (Wildman–Crippen LogP) is 1.60. The van der Waals surface area contributed by atoms with E-state index in [0.717, 1.165) is 6.26 Å². The Hall–Kier alpha value is -3.00. The first-order valence-corrected chi connectivity index (χ1v) is 9.29. The van der Waals surface area contributed by atoms with Gasteiger partial charge in [-0.25, -0.2) is 13.2 Å². The van der Waals surface area contributed by atoms with Crippen LogP contribution in [-0.4, -0.2) is 37.5 Å². The summed E-state index contributed by atoms with van der Waals surface area (Å²) in [5, 5.41) is 0.413. The van der Waals surface area contributed by atoms with Crippen LogP contribution in [0.15, 0.2) is 48.5 Å². The molecule has 1 aliphatic rings. The molecule has 0 bridgehead atoms. The van der Waals surface area contributed by atoms with Crippen LogP contribution in [0.5, 0.6) is 0 Å². The van der Waals surface area contributed by atoms with Crippen LogP contribution >= 0.6 is 0 Å². The molecule has 0 aromatic heterocycles. The third-order valence-electron chi connectivity index (χ3n) is 3.52. The van der Waals surface area contributed by atoms with Gasteiger partial charge in [0.05, 0.1) is 22.4 Å². The van der Waals surface area contributed by atoms with Gasteiger partial charge in [0.1, 0.15) is 0 Å². The van der Waals surface area contributed by atoms with E-state index in [-0.39, 0.29) is 22.4 Å². The zero-order valence-corrected chi connectivity index (χ0v) is 13.9. The first kappa shape index (κ1) is 16.8. The Morgan fingerprint density at radius 3 is 2.16 bits per heavy atom. The summed E-state index contributed by atoms with van der Waals surface area (Å²) in [6.07, 6.45) is 1.08. The summed E-state index contributed by atoms with van der Waals surface area (Å²) >= 11 is 0. The van der Waals surface area contributed by atoms with Gasteiger partial charge in [-0.1, -0.05) is 29.3 Å². The molecule has 8 heteroatoms. The summed E-state index contributed by atoms with van der Waals surface area (Å²) in [5.41, 5.74) is 0.759. The van der Waals surface area contributed by atoms with E-state index in [0.29, 0.717) is 10.6 Å². The lowest BCUT2D eigenvalue weighted by molar-refractivity contribution is -0.0584. The summed E-state index contributed by atoms with van der Waals surface area (Å²) < 4.78 is 22.7. The number of hydroxylamine groups is 2. The second kappa shape index (κ2) is 6.14. The minimum atomic E-state index is -3.27. The lowest BCUT2D eigenvalue weighted by Crippen LogP contribution is -2.32. The minimum absolute atomic E-state index is 0.0395. The van der Waals surface area contributed by atoms with Crippen molar-refractivity contribution in [3.8, 4) is 0 Å². The average molecular weight is 359 g/mol. The van der Waals surface area contributed by atoms with E-state index in [1.807, 2.05) is 0 Å². The van der Waals surface area contributed by atoms with Gasteiger partial charge in [-0.2, -0.15) is 0 Å². The third-order valence-corrected chi connectivity index (χ3v) is 4.38. The van der Waals surface area contributed by atoms with Gasteiger partial charge in [0, 0.05) is 6.26 Å². The van der Waals surface area contributed by atoms with Crippen LogP contribution in [0.3, 0.4) is 0 Å². The molecule has 0 N–H and O–H groups in total. The second-order valence-electron chi connectivity index (χ2n) is 5.60. The maximum atomic E-state index is 12.2. The Bertz CT molecular complexity index is 961. The molecule has 7 nitrogen and oxygen atoms in total. The van der Waals surface area contributed by atoms with Gasteiger partial charge < -0.3 is 4.84 Å². The highest BCUT2D eigenvalue weighted by molar-refractivity contribution is 7.89. The van der Waals surface area contributed by atoms with Crippen molar-refractivity contribution in [1.82, 2.24) is 5.06 Å². The number of hydrogen-bond donors (Lipinski definition) is 0. The molecule has 0 atom stereocenters. The Morgan fingerprint density at radius 2 is 1.60 bits per heavy atom. The molecule has 2 aromatic carbocycles. The number of fused-ring (bicyclic) bond motifs is 1. The van der Waals surface area contributed by atoms with Crippen molar-refractivity contribution in [2.45, 2.75) is 5.75 Å². The van der Waals surface area contributed by atoms with E-state index < -0.39 is 27.6 Å². The highest BCUT2D eigenvalue weighted by Crippen LogP contribution is 2.23. The number of carbonyl (C=O) groups is 3. The number of amides is 2. The molecule has 1 aliphatic heterocycles. The van der Waals surface area contributed by atoms with Crippen LogP contribution in [0.25, 0.3) is 0 Å². The van der Waals surface area contributed by atoms with Crippen LogP contribution in [0.2, 0.25) is 0 Å². The van der Waals surface area contributed by atoms with E-state index in [9.17, 15) is 22.8 Å². The number of rotatable bonds is 4. The monoisotopic (exact) mass is 359 g/mol. The molecule has 128 valence electrons. The molecular weight excluding hydrogens is 346 g/mol. The smallest absolute Gasteiger partial charge is 0.324 e. The van der Waals surface area contributed by atoms with Gasteiger partial charge in [-0.05, 0) is 29.8 Å². The van der Waals surface area contributed by atoms with E-state index >= 15 is 0 Å². The number of nitrogens with zero attached hydrogens (tertiary/aromatic N) is 1. The van der Waals surface area contributed by atoms with Crippen molar-refractivity contribution in [2.24, 2.45) is 0 Å². The molecule has 0 aliphatic carbocycles. The molecule has 3 rings (SSSR count). The number of imide groups is 1. The van der Waals surface area contributed by atoms with Crippen molar-refractivity contribution in [2.75, 3.05) is 6.26 Å². The first-order valence-electron chi connectivity index (χ1n) is 7.23. The zero-order valence-electron chi connectivity index (χ0n) is 13.1. The Kier molecular flexibility index (Phi) is 4.13. The number of hydrogen-bond acceptors (Lipinski definition) is 6. The molecule has 25 heavy (non-hydrogen) atoms. The lowest BCUT2D eigenvalue weighted by Gasteiger charge is -2.13. The SMILES string of the molecule is CS(=O)(=O)Cc1cccc(C(=O)ON2C(=O)c3ccccc3C2=O)c1. The topological polar surface area (TPSA) is 97.8 Å². The van der Waals surface area contributed by atoms with E-state index in [4.69, 9.17) is 4.84 Å². The molecule has 0 spiro atoms. The van der Waals surface area contributed by atoms with Gasteiger partial charge in [0.25, 0.3) is 11.8 Å². The molecule has 0 unspecified atom stereocenters. The Morgan fingerprint density at radius 1 is 1.00 bits per heavy atom. The lowest BCUT2D eigenvalue weighted by atomic mass is 10.1. The molecule has 1 heterocycles. The normalized spacial score (nSPS) is 13.7. The summed E-state index contributed by atoms with van der Waals surface area (Å²) in [6.45, 7) is 0. The van der Waals surface area contributed by atoms with Gasteiger partial charge in [0.2, 0.25) is 0 Å². The quantitative estimate of drug-likeness (QED) is 0.769. The number of carbonyl (C=O) groups excluding carboxylic acids is 3. The van der Waals surface area contributed by atoms with Crippen LogP contribution in [0.4, 0.5) is 0 Å². The van der Waals surface area contributed by atoms with Gasteiger partial charge >= 0.3 is 5.97 Å². The largest absolute Gasteiger partial charge is 0.363 e. The Labute approximate surface area is 143 Å². The van der Waals surface area contributed by atoms with Gasteiger partial charge in [-0.15, -0.1) is 0 Å². The van der Waals surface area contributed by atoms with Gasteiger partial charge in [-0.3, -0.25) is 9.59 Å². The summed E-state index contributed by atoms with van der Waals surface area (Å²) in [7, 11) is -3.27. The van der Waals surface area contributed by atoms with E-state index in [1.165, 1.54) is 30.3 Å². The molecule has 0 saturated heterocycles. The molecule has 0 fully saturated rings. The zero-order chi connectivity index (χ0) is 18.2. The average Bonchev–Trinajstić information content (AvgIpc) is 2.79. The molecule has 0 radical (unpaired) electrons. The van der Waals surface area contributed by atoms with Gasteiger partial charge in [0.15, 0.2) is 9.84 Å². The fourth-order valence-electron chi connectivity index (χ4n) is 2.48. The predicted molar refractivity (Wildman–Crippen MR) is 87.3 cm³/mol. The van der Waals surface area contributed by atoms with Crippen molar-refractivity contribution in [1.29, 1.82) is 0 Å². The summed E-state index contributed by atoms with van der Waals surface area (Å²) in [4.78, 5) is 41.5. The van der Waals surface area contributed by atoms with Crippen LogP contribution in [0, 0.1) is 0 Å². The van der Waals surface area contributed by atoms with Crippen molar-refractivity contribution >= 4 is 27.6 Å². The molecule has 0 saturated carbocycles. The van der Waals surface area contributed by atoms with Crippen LogP contribution in [-0.2, 0) is 20.4 Å².